The third-order valence-corrected chi connectivity index (χ3v) is 5.47. The van der Waals surface area contributed by atoms with Crippen molar-refractivity contribution in [3.8, 4) is 0 Å². The van der Waals surface area contributed by atoms with Crippen molar-refractivity contribution in [2.75, 3.05) is 13.1 Å². The largest absolute Gasteiger partial charge is 0.369 e. The molecule has 0 bridgehead atoms. The van der Waals surface area contributed by atoms with E-state index in [1.165, 1.54) is 16.3 Å². The van der Waals surface area contributed by atoms with Crippen molar-refractivity contribution < 1.29 is 9.59 Å². The highest BCUT2D eigenvalue weighted by atomic mass is 16.2. The van der Waals surface area contributed by atoms with Crippen LogP contribution in [-0.4, -0.2) is 29.8 Å². The quantitative estimate of drug-likeness (QED) is 0.944. The Morgan fingerprint density at radius 3 is 2.71 bits per heavy atom. The topological polar surface area (TPSA) is 63.4 Å². The van der Waals surface area contributed by atoms with Gasteiger partial charge < -0.3 is 10.6 Å². The summed E-state index contributed by atoms with van der Waals surface area (Å²) < 4.78 is 0. The maximum Gasteiger partial charge on any atom is 0.226 e. The Bertz CT molecular complexity index is 796. The van der Waals surface area contributed by atoms with Crippen molar-refractivity contribution in [2.24, 2.45) is 17.6 Å². The van der Waals surface area contributed by atoms with Gasteiger partial charge in [-0.25, -0.2) is 0 Å². The number of benzene rings is 2. The minimum Gasteiger partial charge on any atom is -0.369 e. The lowest BCUT2D eigenvalue weighted by Gasteiger charge is -2.31. The molecule has 1 saturated carbocycles. The normalized spacial score (nSPS) is 26.3. The van der Waals surface area contributed by atoms with Gasteiger partial charge in [0.05, 0.1) is 5.92 Å². The molecule has 1 aliphatic heterocycles. The number of hydrogen-bond acceptors (Lipinski definition) is 2. The molecule has 124 valence electrons. The molecule has 3 atom stereocenters. The second-order valence-electron chi connectivity index (χ2n) is 7.04. The summed E-state index contributed by atoms with van der Waals surface area (Å²) in [4.78, 5) is 26.1. The molecular formula is C20H22N2O2. The molecule has 2 aromatic carbocycles. The van der Waals surface area contributed by atoms with Gasteiger partial charge in [0, 0.05) is 19.0 Å². The smallest absolute Gasteiger partial charge is 0.226 e. The van der Waals surface area contributed by atoms with Crippen LogP contribution in [0.5, 0.6) is 0 Å². The average Bonchev–Trinajstić information content (AvgIpc) is 3.41. The highest BCUT2D eigenvalue weighted by molar-refractivity contribution is 5.90. The average molecular weight is 322 g/mol. The number of primary amides is 1. The number of likely N-dealkylation sites (tertiary alicyclic amines) is 1. The SMILES string of the molecule is NC(=O)[C@@H]1CCCN(C(=O)[C@H]2C[C@H]2c2cccc3ccccc23)C1. The van der Waals surface area contributed by atoms with E-state index in [9.17, 15) is 9.59 Å². The van der Waals surface area contributed by atoms with E-state index < -0.39 is 0 Å². The number of fused-ring (bicyclic) bond motifs is 1. The van der Waals surface area contributed by atoms with Crippen LogP contribution in [0.3, 0.4) is 0 Å². The van der Waals surface area contributed by atoms with Gasteiger partial charge in [0.25, 0.3) is 0 Å². The fourth-order valence-corrected chi connectivity index (χ4v) is 4.03. The van der Waals surface area contributed by atoms with E-state index in [4.69, 9.17) is 5.73 Å². The van der Waals surface area contributed by atoms with Crippen molar-refractivity contribution in [3.05, 3.63) is 48.0 Å². The predicted octanol–water partition coefficient (Wildman–Crippen LogP) is 2.67. The molecule has 4 heteroatoms. The van der Waals surface area contributed by atoms with Crippen LogP contribution < -0.4 is 5.73 Å². The number of amides is 2. The van der Waals surface area contributed by atoms with Crippen LogP contribution >= 0.6 is 0 Å². The molecule has 2 aromatic rings. The number of nitrogens with two attached hydrogens (primary N) is 1. The van der Waals surface area contributed by atoms with Crippen molar-refractivity contribution in [3.63, 3.8) is 0 Å². The van der Waals surface area contributed by atoms with Gasteiger partial charge >= 0.3 is 0 Å². The molecule has 1 saturated heterocycles. The van der Waals surface area contributed by atoms with E-state index in [2.05, 4.69) is 30.3 Å². The zero-order valence-corrected chi connectivity index (χ0v) is 13.7. The molecule has 1 aliphatic carbocycles. The fourth-order valence-electron chi connectivity index (χ4n) is 4.03. The maximum atomic E-state index is 12.8. The second kappa shape index (κ2) is 5.93. The maximum absolute atomic E-state index is 12.8. The number of nitrogens with zero attached hydrogens (tertiary/aromatic N) is 1. The molecule has 1 heterocycles. The summed E-state index contributed by atoms with van der Waals surface area (Å²) in [5.74, 6) is 0.0882. The number of carbonyl (C=O) groups is 2. The second-order valence-corrected chi connectivity index (χ2v) is 7.04. The lowest BCUT2D eigenvalue weighted by molar-refractivity contribution is -0.136. The first-order valence-corrected chi connectivity index (χ1v) is 8.71. The van der Waals surface area contributed by atoms with E-state index in [0.29, 0.717) is 12.5 Å². The zero-order chi connectivity index (χ0) is 16.7. The molecule has 0 unspecified atom stereocenters. The van der Waals surface area contributed by atoms with Gasteiger partial charge in [-0.05, 0) is 41.5 Å². The van der Waals surface area contributed by atoms with E-state index in [0.717, 1.165) is 25.8 Å². The third kappa shape index (κ3) is 2.66. The molecule has 0 aromatic heterocycles. The molecule has 2 aliphatic rings. The third-order valence-electron chi connectivity index (χ3n) is 5.47. The summed E-state index contributed by atoms with van der Waals surface area (Å²) in [6.07, 6.45) is 2.58. The Balaban J connectivity index is 1.51. The molecule has 4 rings (SSSR count). The van der Waals surface area contributed by atoms with E-state index in [-0.39, 0.29) is 23.7 Å². The summed E-state index contributed by atoms with van der Waals surface area (Å²) >= 11 is 0. The van der Waals surface area contributed by atoms with Crippen molar-refractivity contribution in [2.45, 2.75) is 25.2 Å². The van der Waals surface area contributed by atoms with Crippen LogP contribution in [0, 0.1) is 11.8 Å². The molecule has 2 amide bonds. The Morgan fingerprint density at radius 2 is 1.88 bits per heavy atom. The Kier molecular flexibility index (Phi) is 3.75. The van der Waals surface area contributed by atoms with Crippen LogP contribution in [0.1, 0.15) is 30.7 Å². The van der Waals surface area contributed by atoms with Gasteiger partial charge in [-0.3, -0.25) is 9.59 Å². The van der Waals surface area contributed by atoms with Gasteiger partial charge in [0.2, 0.25) is 11.8 Å². The van der Waals surface area contributed by atoms with Crippen LogP contribution in [0.2, 0.25) is 0 Å². The first kappa shape index (κ1) is 15.2. The van der Waals surface area contributed by atoms with Gasteiger partial charge in [0.1, 0.15) is 0 Å². The molecule has 0 radical (unpaired) electrons. The molecule has 2 N–H and O–H groups in total. The fraction of sp³-hybridized carbons (Fsp3) is 0.400. The van der Waals surface area contributed by atoms with Gasteiger partial charge in [0.15, 0.2) is 0 Å². The standard InChI is InChI=1S/C20H22N2O2/c21-19(23)14-7-4-10-22(12-14)20(24)18-11-17(18)16-9-3-6-13-5-1-2-8-15(13)16/h1-3,5-6,8-9,14,17-18H,4,7,10-12H2,(H2,21,23)/t14-,17+,18+/m1/s1. The molecule has 24 heavy (non-hydrogen) atoms. The highest BCUT2D eigenvalue weighted by Crippen LogP contribution is 2.50. The first-order chi connectivity index (χ1) is 11.6. The minimum atomic E-state index is -0.283. The number of piperidine rings is 1. The van der Waals surface area contributed by atoms with E-state index >= 15 is 0 Å². The van der Waals surface area contributed by atoms with Gasteiger partial charge in [-0.1, -0.05) is 42.5 Å². The number of rotatable bonds is 3. The Labute approximate surface area is 141 Å². The Morgan fingerprint density at radius 1 is 1.08 bits per heavy atom. The van der Waals surface area contributed by atoms with Crippen molar-refractivity contribution >= 4 is 22.6 Å². The lowest BCUT2D eigenvalue weighted by Crippen LogP contribution is -2.44. The lowest BCUT2D eigenvalue weighted by atomic mass is 9.96. The van der Waals surface area contributed by atoms with Crippen molar-refractivity contribution in [1.29, 1.82) is 0 Å². The van der Waals surface area contributed by atoms with Crippen molar-refractivity contribution in [1.82, 2.24) is 4.90 Å². The summed E-state index contributed by atoms with van der Waals surface area (Å²) in [6, 6.07) is 14.7. The van der Waals surface area contributed by atoms with Crippen LogP contribution in [0.15, 0.2) is 42.5 Å². The zero-order valence-electron chi connectivity index (χ0n) is 13.7. The Hall–Kier alpha value is -2.36. The summed E-state index contributed by atoms with van der Waals surface area (Å²) in [5.41, 5.74) is 6.70. The molecular weight excluding hydrogens is 300 g/mol. The summed E-state index contributed by atoms with van der Waals surface area (Å²) in [5, 5.41) is 2.47. The van der Waals surface area contributed by atoms with E-state index in [1.807, 2.05) is 17.0 Å². The molecule has 2 fully saturated rings. The highest BCUT2D eigenvalue weighted by Gasteiger charge is 2.47. The van der Waals surface area contributed by atoms with Crippen LogP contribution in [0.4, 0.5) is 0 Å². The molecule has 0 spiro atoms. The summed E-state index contributed by atoms with van der Waals surface area (Å²) in [6.45, 7) is 1.24. The number of carbonyl (C=O) groups excluding carboxylic acids is 2. The molecule has 4 nitrogen and oxygen atoms in total. The summed E-state index contributed by atoms with van der Waals surface area (Å²) in [7, 11) is 0. The van der Waals surface area contributed by atoms with E-state index in [1.54, 1.807) is 0 Å². The van der Waals surface area contributed by atoms with Gasteiger partial charge in [-0.2, -0.15) is 0 Å². The number of hydrogen-bond donors (Lipinski definition) is 1. The first-order valence-electron chi connectivity index (χ1n) is 8.71. The monoisotopic (exact) mass is 322 g/mol. The van der Waals surface area contributed by atoms with Crippen LogP contribution in [-0.2, 0) is 9.59 Å². The minimum absolute atomic E-state index is 0.0578. The van der Waals surface area contributed by atoms with Crippen LogP contribution in [0.25, 0.3) is 10.8 Å². The predicted molar refractivity (Wildman–Crippen MR) is 93.3 cm³/mol. The van der Waals surface area contributed by atoms with Gasteiger partial charge in [-0.15, -0.1) is 0 Å².